The SMILES string of the molecule is O=C(NOC1CCCCO1)C1(S(=O)N2CCC(CCCCOCCC(F)(F)F)CC2)CCOCC1. The third kappa shape index (κ3) is 9.23. The molecule has 12 heteroatoms. The molecule has 0 saturated carbocycles. The van der Waals surface area contributed by atoms with Crippen LogP contribution in [0.3, 0.4) is 0 Å². The average molecular weight is 529 g/mol. The molecule has 3 aliphatic heterocycles. The fourth-order valence-electron chi connectivity index (χ4n) is 4.74. The van der Waals surface area contributed by atoms with Gasteiger partial charge in [0.1, 0.15) is 15.7 Å². The Morgan fingerprint density at radius 2 is 1.80 bits per heavy atom. The molecule has 0 spiro atoms. The molecule has 8 nitrogen and oxygen atoms in total. The third-order valence-electron chi connectivity index (χ3n) is 6.96. The van der Waals surface area contributed by atoms with E-state index in [2.05, 4.69) is 5.48 Å². The highest BCUT2D eigenvalue weighted by Gasteiger charge is 2.49. The fourth-order valence-corrected chi connectivity index (χ4v) is 6.49. The van der Waals surface area contributed by atoms with Crippen molar-refractivity contribution in [3.05, 3.63) is 0 Å². The molecule has 0 aliphatic carbocycles. The second-order valence-electron chi connectivity index (χ2n) is 9.55. The number of alkyl halides is 3. The minimum absolute atomic E-state index is 0.285. The standard InChI is InChI=1S/C23H39F3N2O6S/c24-23(25,26)11-18-31-14-3-1-5-19-7-12-28(13-8-19)35(30)22(9-16-32-17-10-22)21(29)27-34-20-6-2-4-15-33-20/h19-20H,1-18H2,(H,27,29). The van der Waals surface area contributed by atoms with E-state index in [1.165, 1.54) is 0 Å². The number of amides is 1. The van der Waals surface area contributed by atoms with Gasteiger partial charge in [0, 0.05) is 45.9 Å². The van der Waals surface area contributed by atoms with Gasteiger partial charge >= 0.3 is 6.18 Å². The normalized spacial score (nSPS) is 25.3. The molecule has 3 saturated heterocycles. The molecule has 3 heterocycles. The number of hydrogen-bond donors (Lipinski definition) is 1. The minimum Gasteiger partial charge on any atom is -0.381 e. The van der Waals surface area contributed by atoms with Crippen LogP contribution in [0.25, 0.3) is 0 Å². The summed E-state index contributed by atoms with van der Waals surface area (Å²) in [6.07, 6.45) is 2.21. The first kappa shape index (κ1) is 28.8. The number of nitrogens with zero attached hydrogens (tertiary/aromatic N) is 1. The van der Waals surface area contributed by atoms with Gasteiger partial charge in [-0.05, 0) is 50.9 Å². The lowest BCUT2D eigenvalue weighted by molar-refractivity contribution is -0.202. The van der Waals surface area contributed by atoms with E-state index in [0.717, 1.165) is 44.9 Å². The van der Waals surface area contributed by atoms with Crippen molar-refractivity contribution >= 4 is 16.9 Å². The highest BCUT2D eigenvalue weighted by molar-refractivity contribution is 7.85. The van der Waals surface area contributed by atoms with E-state index in [1.807, 2.05) is 4.31 Å². The van der Waals surface area contributed by atoms with Crippen molar-refractivity contribution < 1.29 is 41.2 Å². The maximum Gasteiger partial charge on any atom is 0.391 e. The van der Waals surface area contributed by atoms with E-state index in [-0.39, 0.29) is 12.5 Å². The Hall–Kier alpha value is -0.790. The Balaban J connectivity index is 1.39. The van der Waals surface area contributed by atoms with E-state index >= 15 is 0 Å². The van der Waals surface area contributed by atoms with Gasteiger partial charge in [-0.15, -0.1) is 0 Å². The van der Waals surface area contributed by atoms with Crippen LogP contribution in [0.1, 0.15) is 70.6 Å². The van der Waals surface area contributed by atoms with Crippen molar-refractivity contribution in [3.8, 4) is 0 Å². The lowest BCUT2D eigenvalue weighted by Crippen LogP contribution is -2.58. The first-order chi connectivity index (χ1) is 16.8. The summed E-state index contributed by atoms with van der Waals surface area (Å²) in [6.45, 7) is 2.69. The van der Waals surface area contributed by atoms with Crippen molar-refractivity contribution in [2.75, 3.05) is 46.1 Å². The van der Waals surface area contributed by atoms with E-state index in [4.69, 9.17) is 19.0 Å². The first-order valence-electron chi connectivity index (χ1n) is 12.8. The van der Waals surface area contributed by atoms with Gasteiger partial charge in [-0.3, -0.25) is 4.79 Å². The van der Waals surface area contributed by atoms with Crippen LogP contribution in [0.15, 0.2) is 0 Å². The third-order valence-corrected chi connectivity index (χ3v) is 9.05. The zero-order valence-electron chi connectivity index (χ0n) is 20.3. The number of ether oxygens (including phenoxy) is 3. The first-order valence-corrected chi connectivity index (χ1v) is 13.9. The number of hydroxylamine groups is 1. The van der Waals surface area contributed by atoms with Crippen molar-refractivity contribution in [2.24, 2.45) is 5.92 Å². The molecule has 0 aromatic rings. The van der Waals surface area contributed by atoms with E-state index in [0.29, 0.717) is 64.7 Å². The molecule has 0 aromatic carbocycles. The molecule has 3 aliphatic rings. The quantitative estimate of drug-likeness (QED) is 0.308. The van der Waals surface area contributed by atoms with Crippen LogP contribution >= 0.6 is 0 Å². The fraction of sp³-hybridized carbons (Fsp3) is 0.957. The van der Waals surface area contributed by atoms with E-state index < -0.39 is 34.6 Å². The van der Waals surface area contributed by atoms with Gasteiger partial charge in [0.2, 0.25) is 0 Å². The highest BCUT2D eigenvalue weighted by Crippen LogP contribution is 2.33. The number of hydrogen-bond acceptors (Lipinski definition) is 6. The summed E-state index contributed by atoms with van der Waals surface area (Å²) < 4.78 is 66.9. The maximum absolute atomic E-state index is 13.6. The van der Waals surface area contributed by atoms with Crippen LogP contribution < -0.4 is 5.48 Å². The molecular weight excluding hydrogens is 489 g/mol. The number of nitrogens with one attached hydrogen (secondary N) is 1. The average Bonchev–Trinajstić information content (AvgIpc) is 2.87. The van der Waals surface area contributed by atoms with Crippen molar-refractivity contribution in [1.29, 1.82) is 0 Å². The molecule has 0 bridgehead atoms. The van der Waals surface area contributed by atoms with Crippen molar-refractivity contribution in [1.82, 2.24) is 9.79 Å². The lowest BCUT2D eigenvalue weighted by Gasteiger charge is -2.40. The topological polar surface area (TPSA) is 86.3 Å². The van der Waals surface area contributed by atoms with Gasteiger partial charge < -0.3 is 14.2 Å². The predicted molar refractivity (Wildman–Crippen MR) is 123 cm³/mol. The molecule has 1 amide bonds. The molecule has 1 N–H and O–H groups in total. The lowest BCUT2D eigenvalue weighted by atomic mass is 9.92. The second kappa shape index (κ2) is 14.2. The molecule has 204 valence electrons. The van der Waals surface area contributed by atoms with Gasteiger partial charge in [0.15, 0.2) is 6.29 Å². The number of piperidine rings is 1. The van der Waals surface area contributed by atoms with Crippen LogP contribution in [-0.4, -0.2) is 77.8 Å². The minimum atomic E-state index is -4.17. The molecule has 2 atom stereocenters. The summed E-state index contributed by atoms with van der Waals surface area (Å²) in [7, 11) is -1.51. The number of carbonyl (C=O) groups is 1. The summed E-state index contributed by atoms with van der Waals surface area (Å²) in [5.74, 6) is 0.102. The summed E-state index contributed by atoms with van der Waals surface area (Å²) in [6, 6.07) is 0. The van der Waals surface area contributed by atoms with Crippen molar-refractivity contribution in [2.45, 2.75) is 87.8 Å². The van der Waals surface area contributed by atoms with Crippen LogP contribution in [-0.2, 0) is 34.8 Å². The number of carbonyl (C=O) groups excluding carboxylic acids is 1. The Morgan fingerprint density at radius 1 is 1.06 bits per heavy atom. The smallest absolute Gasteiger partial charge is 0.381 e. The van der Waals surface area contributed by atoms with Crippen LogP contribution in [0, 0.1) is 5.92 Å². The van der Waals surface area contributed by atoms with Gasteiger partial charge in [-0.2, -0.15) is 13.2 Å². The van der Waals surface area contributed by atoms with Gasteiger partial charge in [0.05, 0.1) is 13.0 Å². The number of rotatable bonds is 12. The van der Waals surface area contributed by atoms with Crippen LogP contribution in [0.2, 0.25) is 0 Å². The molecule has 2 unspecified atom stereocenters. The summed E-state index contributed by atoms with van der Waals surface area (Å²) >= 11 is 0. The zero-order chi connectivity index (χ0) is 25.2. The Kier molecular flexibility index (Phi) is 11.7. The zero-order valence-corrected chi connectivity index (χ0v) is 21.1. The summed E-state index contributed by atoms with van der Waals surface area (Å²) in [5.41, 5.74) is 2.54. The number of unbranched alkanes of at least 4 members (excludes halogenated alkanes) is 1. The van der Waals surface area contributed by atoms with Crippen LogP contribution in [0.5, 0.6) is 0 Å². The molecule has 3 rings (SSSR count). The number of halogens is 3. The van der Waals surface area contributed by atoms with Gasteiger partial charge in [-0.25, -0.2) is 18.8 Å². The molecular formula is C23H39F3N2O6S. The van der Waals surface area contributed by atoms with Gasteiger partial charge in [-0.1, -0.05) is 12.8 Å². The Labute approximate surface area is 208 Å². The Morgan fingerprint density at radius 3 is 2.46 bits per heavy atom. The van der Waals surface area contributed by atoms with E-state index in [1.54, 1.807) is 0 Å². The van der Waals surface area contributed by atoms with Crippen LogP contribution in [0.4, 0.5) is 13.2 Å². The Bertz CT molecular complexity index is 664. The monoisotopic (exact) mass is 528 g/mol. The summed E-state index contributed by atoms with van der Waals surface area (Å²) in [5, 5.41) is 0. The summed E-state index contributed by atoms with van der Waals surface area (Å²) in [4.78, 5) is 18.7. The molecule has 0 radical (unpaired) electrons. The highest BCUT2D eigenvalue weighted by atomic mass is 32.2. The largest absolute Gasteiger partial charge is 0.391 e. The van der Waals surface area contributed by atoms with Gasteiger partial charge in [0.25, 0.3) is 5.91 Å². The van der Waals surface area contributed by atoms with E-state index in [9.17, 15) is 22.2 Å². The van der Waals surface area contributed by atoms with Crippen molar-refractivity contribution in [3.63, 3.8) is 0 Å². The maximum atomic E-state index is 13.6. The molecule has 35 heavy (non-hydrogen) atoms. The molecule has 3 fully saturated rings. The molecule has 0 aromatic heterocycles. The second-order valence-corrected chi connectivity index (χ2v) is 11.3. The predicted octanol–water partition coefficient (Wildman–Crippen LogP) is 3.63.